The Hall–Kier alpha value is -1.09. The second-order valence-corrected chi connectivity index (χ2v) is 4.94. The SMILES string of the molecule is CC(O)CC(C)(C)Cc1cccnc1N. The van der Waals surface area contributed by atoms with Gasteiger partial charge in [-0.25, -0.2) is 4.98 Å². The van der Waals surface area contributed by atoms with Gasteiger partial charge >= 0.3 is 0 Å². The van der Waals surface area contributed by atoms with Crippen LogP contribution < -0.4 is 5.73 Å². The molecule has 15 heavy (non-hydrogen) atoms. The molecule has 0 aliphatic heterocycles. The molecule has 1 atom stereocenters. The van der Waals surface area contributed by atoms with Gasteiger partial charge in [0.05, 0.1) is 6.10 Å². The molecule has 0 bridgehead atoms. The summed E-state index contributed by atoms with van der Waals surface area (Å²) < 4.78 is 0. The third kappa shape index (κ3) is 3.88. The topological polar surface area (TPSA) is 59.1 Å². The molecule has 0 saturated carbocycles. The molecule has 0 aliphatic carbocycles. The number of hydrogen-bond donors (Lipinski definition) is 2. The summed E-state index contributed by atoms with van der Waals surface area (Å²) in [5, 5.41) is 9.39. The number of nitrogen functional groups attached to an aromatic ring is 1. The van der Waals surface area contributed by atoms with Crippen molar-refractivity contribution in [1.29, 1.82) is 0 Å². The van der Waals surface area contributed by atoms with E-state index >= 15 is 0 Å². The summed E-state index contributed by atoms with van der Waals surface area (Å²) in [5.74, 6) is 0.594. The number of anilines is 1. The summed E-state index contributed by atoms with van der Waals surface area (Å²) in [5.41, 5.74) is 6.89. The molecular formula is C12H20N2O. The number of aliphatic hydroxyl groups excluding tert-OH is 1. The summed E-state index contributed by atoms with van der Waals surface area (Å²) in [6.45, 7) is 6.08. The summed E-state index contributed by atoms with van der Waals surface area (Å²) in [6.07, 6.45) is 3.03. The Morgan fingerprint density at radius 1 is 1.53 bits per heavy atom. The summed E-state index contributed by atoms with van der Waals surface area (Å²) in [4.78, 5) is 4.06. The molecule has 1 unspecified atom stereocenters. The van der Waals surface area contributed by atoms with Gasteiger partial charge in [0, 0.05) is 6.20 Å². The molecule has 0 radical (unpaired) electrons. The van der Waals surface area contributed by atoms with Crippen LogP contribution in [0.5, 0.6) is 0 Å². The van der Waals surface area contributed by atoms with E-state index in [2.05, 4.69) is 18.8 Å². The summed E-state index contributed by atoms with van der Waals surface area (Å²) in [6, 6.07) is 3.89. The molecule has 1 rings (SSSR count). The van der Waals surface area contributed by atoms with Gasteiger partial charge in [-0.3, -0.25) is 0 Å². The fourth-order valence-corrected chi connectivity index (χ4v) is 1.99. The highest BCUT2D eigenvalue weighted by Gasteiger charge is 2.21. The molecule has 1 aromatic heterocycles. The minimum atomic E-state index is -0.280. The molecule has 84 valence electrons. The first-order valence-corrected chi connectivity index (χ1v) is 5.28. The van der Waals surface area contributed by atoms with Crippen molar-refractivity contribution >= 4 is 5.82 Å². The second kappa shape index (κ2) is 4.62. The molecule has 3 nitrogen and oxygen atoms in total. The monoisotopic (exact) mass is 208 g/mol. The highest BCUT2D eigenvalue weighted by molar-refractivity contribution is 5.38. The van der Waals surface area contributed by atoms with Gasteiger partial charge in [0.25, 0.3) is 0 Å². The zero-order valence-electron chi connectivity index (χ0n) is 9.70. The average Bonchev–Trinajstić information content (AvgIpc) is 2.06. The molecule has 0 amide bonds. The first-order valence-electron chi connectivity index (χ1n) is 5.28. The number of rotatable bonds is 4. The lowest BCUT2D eigenvalue weighted by atomic mass is 9.81. The van der Waals surface area contributed by atoms with Gasteiger partial charge in [0.1, 0.15) is 5.82 Å². The number of hydrogen-bond acceptors (Lipinski definition) is 3. The fraction of sp³-hybridized carbons (Fsp3) is 0.583. The quantitative estimate of drug-likeness (QED) is 0.795. The Kier molecular flexibility index (Phi) is 3.69. The van der Waals surface area contributed by atoms with Crippen LogP contribution >= 0.6 is 0 Å². The third-order valence-electron chi connectivity index (χ3n) is 2.44. The predicted molar refractivity (Wildman–Crippen MR) is 62.4 cm³/mol. The number of nitrogens with zero attached hydrogens (tertiary/aromatic N) is 1. The molecule has 0 aliphatic rings. The van der Waals surface area contributed by atoms with E-state index in [9.17, 15) is 5.11 Å². The average molecular weight is 208 g/mol. The predicted octanol–water partition coefficient (Wildman–Crippen LogP) is 2.00. The van der Waals surface area contributed by atoms with Crippen LogP contribution in [0, 0.1) is 5.41 Å². The van der Waals surface area contributed by atoms with Crippen LogP contribution in [0.4, 0.5) is 5.82 Å². The standard InChI is InChI=1S/C12H20N2O/c1-9(15)7-12(2,3)8-10-5-4-6-14-11(10)13/h4-6,9,15H,7-8H2,1-3H3,(H2,13,14). The van der Waals surface area contributed by atoms with E-state index in [1.807, 2.05) is 19.1 Å². The van der Waals surface area contributed by atoms with Crippen molar-refractivity contribution in [3.8, 4) is 0 Å². The van der Waals surface area contributed by atoms with E-state index in [-0.39, 0.29) is 11.5 Å². The van der Waals surface area contributed by atoms with Crippen LogP contribution in [0.2, 0.25) is 0 Å². The Balaban J connectivity index is 2.73. The molecule has 1 heterocycles. The van der Waals surface area contributed by atoms with Crippen LogP contribution in [0.3, 0.4) is 0 Å². The molecule has 0 spiro atoms. The van der Waals surface area contributed by atoms with Crippen molar-refractivity contribution in [2.45, 2.75) is 39.7 Å². The lowest BCUT2D eigenvalue weighted by Crippen LogP contribution is -2.21. The minimum Gasteiger partial charge on any atom is -0.393 e. The van der Waals surface area contributed by atoms with Crippen molar-refractivity contribution in [2.24, 2.45) is 5.41 Å². The molecule has 3 heteroatoms. The third-order valence-corrected chi connectivity index (χ3v) is 2.44. The van der Waals surface area contributed by atoms with Gasteiger partial charge in [0.2, 0.25) is 0 Å². The maximum Gasteiger partial charge on any atom is 0.126 e. The smallest absolute Gasteiger partial charge is 0.126 e. The van der Waals surface area contributed by atoms with Crippen LogP contribution in [0.15, 0.2) is 18.3 Å². The highest BCUT2D eigenvalue weighted by Crippen LogP contribution is 2.28. The lowest BCUT2D eigenvalue weighted by Gasteiger charge is -2.26. The van der Waals surface area contributed by atoms with Gasteiger partial charge in [0.15, 0.2) is 0 Å². The number of pyridine rings is 1. The van der Waals surface area contributed by atoms with Crippen molar-refractivity contribution in [2.75, 3.05) is 5.73 Å². The van der Waals surface area contributed by atoms with E-state index in [1.165, 1.54) is 0 Å². The Labute approximate surface area is 91.3 Å². The normalized spacial score (nSPS) is 13.9. The van der Waals surface area contributed by atoms with Crippen molar-refractivity contribution < 1.29 is 5.11 Å². The Bertz CT molecular complexity index is 321. The van der Waals surface area contributed by atoms with Gasteiger partial charge in [-0.05, 0) is 36.8 Å². The first kappa shape index (κ1) is 12.0. The second-order valence-electron chi connectivity index (χ2n) is 4.94. The maximum absolute atomic E-state index is 9.39. The van der Waals surface area contributed by atoms with Crippen LogP contribution in [-0.2, 0) is 6.42 Å². The number of aliphatic hydroxyl groups is 1. The van der Waals surface area contributed by atoms with Gasteiger partial charge in [-0.15, -0.1) is 0 Å². The molecular weight excluding hydrogens is 188 g/mol. The largest absolute Gasteiger partial charge is 0.393 e. The van der Waals surface area contributed by atoms with Crippen LogP contribution in [0.1, 0.15) is 32.8 Å². The van der Waals surface area contributed by atoms with E-state index in [0.717, 1.165) is 18.4 Å². The van der Waals surface area contributed by atoms with Crippen LogP contribution in [0.25, 0.3) is 0 Å². The number of nitrogens with two attached hydrogens (primary N) is 1. The zero-order chi connectivity index (χ0) is 11.5. The lowest BCUT2D eigenvalue weighted by molar-refractivity contribution is 0.129. The fourth-order valence-electron chi connectivity index (χ4n) is 1.99. The molecule has 0 fully saturated rings. The van der Waals surface area contributed by atoms with E-state index < -0.39 is 0 Å². The van der Waals surface area contributed by atoms with Gasteiger partial charge in [-0.1, -0.05) is 19.9 Å². The van der Waals surface area contributed by atoms with Gasteiger partial charge < -0.3 is 10.8 Å². The van der Waals surface area contributed by atoms with Crippen molar-refractivity contribution in [3.63, 3.8) is 0 Å². The maximum atomic E-state index is 9.39. The molecule has 3 N–H and O–H groups in total. The molecule has 0 aromatic carbocycles. The first-order chi connectivity index (χ1) is 6.91. The summed E-state index contributed by atoms with van der Waals surface area (Å²) >= 11 is 0. The van der Waals surface area contributed by atoms with E-state index in [4.69, 9.17) is 5.73 Å². The zero-order valence-corrected chi connectivity index (χ0v) is 9.70. The van der Waals surface area contributed by atoms with E-state index in [0.29, 0.717) is 5.82 Å². The van der Waals surface area contributed by atoms with E-state index in [1.54, 1.807) is 6.20 Å². The van der Waals surface area contributed by atoms with Gasteiger partial charge in [-0.2, -0.15) is 0 Å². The Morgan fingerprint density at radius 2 is 2.20 bits per heavy atom. The summed E-state index contributed by atoms with van der Waals surface area (Å²) in [7, 11) is 0. The minimum absolute atomic E-state index is 0.0469. The Morgan fingerprint density at radius 3 is 2.73 bits per heavy atom. The highest BCUT2D eigenvalue weighted by atomic mass is 16.3. The molecule has 0 saturated heterocycles. The van der Waals surface area contributed by atoms with Crippen molar-refractivity contribution in [3.05, 3.63) is 23.9 Å². The van der Waals surface area contributed by atoms with Crippen molar-refractivity contribution in [1.82, 2.24) is 4.98 Å². The number of aromatic nitrogens is 1. The molecule has 1 aromatic rings. The van der Waals surface area contributed by atoms with Crippen LogP contribution in [-0.4, -0.2) is 16.2 Å².